The van der Waals surface area contributed by atoms with Gasteiger partial charge < -0.3 is 14.6 Å². The van der Waals surface area contributed by atoms with E-state index in [-0.39, 0.29) is 19.0 Å². The minimum atomic E-state index is -0.0982. The van der Waals surface area contributed by atoms with Gasteiger partial charge in [-0.15, -0.1) is 6.58 Å². The Morgan fingerprint density at radius 2 is 1.82 bits per heavy atom. The lowest BCUT2D eigenvalue weighted by molar-refractivity contribution is -0.0701. The van der Waals surface area contributed by atoms with Crippen LogP contribution in [0.15, 0.2) is 12.7 Å². The number of hydrogen-bond acceptors (Lipinski definition) is 3. The monoisotopic (exact) mass is 242 g/mol. The summed E-state index contributed by atoms with van der Waals surface area (Å²) in [5.74, 6) is 0. The van der Waals surface area contributed by atoms with E-state index in [1.54, 1.807) is 0 Å². The molecule has 0 amide bonds. The molecule has 0 aromatic rings. The molecule has 0 radical (unpaired) electrons. The number of unbranched alkanes of at least 4 members (excludes halogenated alkanes) is 6. The normalized spacial score (nSPS) is 24.1. The van der Waals surface area contributed by atoms with Gasteiger partial charge >= 0.3 is 0 Å². The molecule has 0 aromatic carbocycles. The van der Waals surface area contributed by atoms with Crippen LogP contribution >= 0.6 is 0 Å². The first-order chi connectivity index (χ1) is 8.36. The summed E-state index contributed by atoms with van der Waals surface area (Å²) in [4.78, 5) is 0. The van der Waals surface area contributed by atoms with Crippen molar-refractivity contribution in [3.05, 3.63) is 12.7 Å². The van der Waals surface area contributed by atoms with Crippen LogP contribution in [0.4, 0.5) is 0 Å². The van der Waals surface area contributed by atoms with Gasteiger partial charge in [0.1, 0.15) is 6.10 Å². The Hall–Kier alpha value is -0.380. The fraction of sp³-hybridized carbons (Fsp3) is 0.857. The smallest absolute Gasteiger partial charge is 0.158 e. The zero-order chi connectivity index (χ0) is 12.3. The first kappa shape index (κ1) is 14.7. The number of hydrogen-bond donors (Lipinski definition) is 1. The second kappa shape index (κ2) is 9.63. The van der Waals surface area contributed by atoms with Crippen molar-refractivity contribution in [3.63, 3.8) is 0 Å². The molecule has 0 spiro atoms. The van der Waals surface area contributed by atoms with Crippen LogP contribution in [0.1, 0.15) is 51.4 Å². The second-order valence-corrected chi connectivity index (χ2v) is 4.69. The summed E-state index contributed by atoms with van der Waals surface area (Å²) >= 11 is 0. The van der Waals surface area contributed by atoms with Crippen LogP contribution in [-0.4, -0.2) is 30.7 Å². The van der Waals surface area contributed by atoms with E-state index in [0.717, 1.165) is 19.3 Å². The zero-order valence-corrected chi connectivity index (χ0v) is 10.8. The highest BCUT2D eigenvalue weighted by molar-refractivity contribution is 4.66. The third kappa shape index (κ3) is 6.81. The number of allylic oxidation sites excluding steroid dienone is 1. The summed E-state index contributed by atoms with van der Waals surface area (Å²) in [6.45, 7) is 4.33. The van der Waals surface area contributed by atoms with Crippen LogP contribution in [0.2, 0.25) is 0 Å². The number of ether oxygens (including phenoxy) is 2. The van der Waals surface area contributed by atoms with Gasteiger partial charge in [0.25, 0.3) is 0 Å². The van der Waals surface area contributed by atoms with Gasteiger partial charge in [0.2, 0.25) is 0 Å². The van der Waals surface area contributed by atoms with E-state index in [4.69, 9.17) is 14.6 Å². The zero-order valence-electron chi connectivity index (χ0n) is 10.8. The summed E-state index contributed by atoms with van der Waals surface area (Å²) in [5, 5.41) is 8.88. The molecule has 2 atom stereocenters. The van der Waals surface area contributed by atoms with Gasteiger partial charge in [-0.05, 0) is 25.7 Å². The number of rotatable bonds is 10. The first-order valence-corrected chi connectivity index (χ1v) is 6.85. The van der Waals surface area contributed by atoms with Crippen LogP contribution in [-0.2, 0) is 9.47 Å². The highest BCUT2D eigenvalue weighted by atomic mass is 16.7. The lowest BCUT2D eigenvalue weighted by Gasteiger charge is -2.09. The predicted octanol–water partition coefficient (Wildman–Crippen LogP) is 3.03. The molecular formula is C14H26O3. The fourth-order valence-electron chi connectivity index (χ4n) is 2.06. The molecule has 0 bridgehead atoms. The van der Waals surface area contributed by atoms with E-state index < -0.39 is 0 Å². The molecule has 1 aliphatic heterocycles. The van der Waals surface area contributed by atoms with Gasteiger partial charge in [-0.3, -0.25) is 0 Å². The molecule has 1 fully saturated rings. The standard InChI is InChI=1S/C14H26O3/c1-2-3-4-5-6-7-8-9-10-14-16-12-13(11-15)17-14/h2,13-15H,1,3-12H2. The van der Waals surface area contributed by atoms with Gasteiger partial charge in [0.15, 0.2) is 6.29 Å². The Bertz CT molecular complexity index is 194. The lowest BCUT2D eigenvalue weighted by atomic mass is 10.1. The lowest BCUT2D eigenvalue weighted by Crippen LogP contribution is -2.16. The third-order valence-corrected chi connectivity index (χ3v) is 3.11. The molecule has 0 aliphatic carbocycles. The Balaban J connectivity index is 1.83. The average molecular weight is 242 g/mol. The van der Waals surface area contributed by atoms with Gasteiger partial charge in [0, 0.05) is 0 Å². The fourth-order valence-corrected chi connectivity index (χ4v) is 2.06. The molecule has 2 unspecified atom stereocenters. The quantitative estimate of drug-likeness (QED) is 0.473. The van der Waals surface area contributed by atoms with Gasteiger partial charge in [0.05, 0.1) is 13.2 Å². The molecule has 100 valence electrons. The minimum absolute atomic E-state index is 0.0692. The van der Waals surface area contributed by atoms with Crippen LogP contribution in [0.3, 0.4) is 0 Å². The van der Waals surface area contributed by atoms with E-state index in [1.807, 2.05) is 6.08 Å². The molecule has 1 saturated heterocycles. The van der Waals surface area contributed by atoms with E-state index in [0.29, 0.717) is 6.61 Å². The molecule has 3 heteroatoms. The van der Waals surface area contributed by atoms with E-state index in [2.05, 4.69) is 6.58 Å². The maximum atomic E-state index is 8.88. The van der Waals surface area contributed by atoms with Crippen molar-refractivity contribution in [1.29, 1.82) is 0 Å². The Morgan fingerprint density at radius 3 is 2.47 bits per heavy atom. The summed E-state index contributed by atoms with van der Waals surface area (Å²) in [7, 11) is 0. The summed E-state index contributed by atoms with van der Waals surface area (Å²) in [5.41, 5.74) is 0. The van der Waals surface area contributed by atoms with Crippen molar-refractivity contribution < 1.29 is 14.6 Å². The average Bonchev–Trinajstić information content (AvgIpc) is 2.80. The number of aliphatic hydroxyl groups is 1. The van der Waals surface area contributed by atoms with Crippen LogP contribution < -0.4 is 0 Å². The Labute approximate surface area is 105 Å². The van der Waals surface area contributed by atoms with Crippen molar-refractivity contribution in [1.82, 2.24) is 0 Å². The second-order valence-electron chi connectivity index (χ2n) is 4.69. The Morgan fingerprint density at radius 1 is 1.12 bits per heavy atom. The highest BCUT2D eigenvalue weighted by Crippen LogP contribution is 2.17. The van der Waals surface area contributed by atoms with Crippen LogP contribution in [0.5, 0.6) is 0 Å². The maximum absolute atomic E-state index is 8.88. The molecule has 0 aromatic heterocycles. The Kier molecular flexibility index (Phi) is 8.32. The van der Waals surface area contributed by atoms with E-state index in [1.165, 1.54) is 32.1 Å². The number of aliphatic hydroxyl groups excluding tert-OH is 1. The van der Waals surface area contributed by atoms with Gasteiger partial charge in [-0.2, -0.15) is 0 Å². The molecule has 1 aliphatic rings. The van der Waals surface area contributed by atoms with Crippen LogP contribution in [0.25, 0.3) is 0 Å². The van der Waals surface area contributed by atoms with Crippen LogP contribution in [0, 0.1) is 0 Å². The molecule has 1 N–H and O–H groups in total. The van der Waals surface area contributed by atoms with E-state index in [9.17, 15) is 0 Å². The van der Waals surface area contributed by atoms with Crippen molar-refractivity contribution in [3.8, 4) is 0 Å². The van der Waals surface area contributed by atoms with Crippen molar-refractivity contribution >= 4 is 0 Å². The highest BCUT2D eigenvalue weighted by Gasteiger charge is 2.24. The predicted molar refractivity (Wildman–Crippen MR) is 68.8 cm³/mol. The van der Waals surface area contributed by atoms with Gasteiger partial charge in [-0.25, -0.2) is 0 Å². The molecular weight excluding hydrogens is 216 g/mol. The largest absolute Gasteiger partial charge is 0.394 e. The molecule has 3 nitrogen and oxygen atoms in total. The molecule has 1 heterocycles. The SMILES string of the molecule is C=CCCCCCCCCC1OCC(CO)O1. The van der Waals surface area contributed by atoms with Crippen molar-refractivity contribution in [2.75, 3.05) is 13.2 Å². The van der Waals surface area contributed by atoms with Crippen molar-refractivity contribution in [2.24, 2.45) is 0 Å². The summed E-state index contributed by atoms with van der Waals surface area (Å²) < 4.78 is 10.9. The molecule has 1 rings (SSSR count). The topological polar surface area (TPSA) is 38.7 Å². The van der Waals surface area contributed by atoms with Gasteiger partial charge in [-0.1, -0.05) is 31.8 Å². The summed E-state index contributed by atoms with van der Waals surface area (Å²) in [6.07, 6.45) is 11.5. The molecule has 0 saturated carbocycles. The molecule has 17 heavy (non-hydrogen) atoms. The van der Waals surface area contributed by atoms with E-state index >= 15 is 0 Å². The third-order valence-electron chi connectivity index (χ3n) is 3.11. The first-order valence-electron chi connectivity index (χ1n) is 6.85. The maximum Gasteiger partial charge on any atom is 0.158 e. The van der Waals surface area contributed by atoms with Crippen molar-refractivity contribution in [2.45, 2.75) is 63.8 Å². The minimum Gasteiger partial charge on any atom is -0.394 e. The summed E-state index contributed by atoms with van der Waals surface area (Å²) in [6, 6.07) is 0.